The molecule has 4 heteroatoms. The number of aryl methyl sites for hydroxylation is 2. The fourth-order valence-corrected chi connectivity index (χ4v) is 3.75. The van der Waals surface area contributed by atoms with Gasteiger partial charge in [-0.1, -0.05) is 30.3 Å². The van der Waals surface area contributed by atoms with Crippen molar-refractivity contribution in [1.82, 2.24) is 0 Å². The van der Waals surface area contributed by atoms with Crippen LogP contribution in [0.5, 0.6) is 0 Å². The predicted molar refractivity (Wildman–Crippen MR) is 101 cm³/mol. The second kappa shape index (κ2) is 5.30. The molecule has 4 nitrogen and oxygen atoms in total. The molecule has 0 saturated carbocycles. The maximum absolute atomic E-state index is 11.5. The predicted octanol–water partition coefficient (Wildman–Crippen LogP) is 4.49. The lowest BCUT2D eigenvalue weighted by molar-refractivity contribution is -0.659. The fourth-order valence-electron chi connectivity index (χ4n) is 3.75. The lowest BCUT2D eigenvalue weighted by Crippen LogP contribution is -2.30. The molecule has 0 spiro atoms. The topological polar surface area (TPSA) is 47.2 Å². The largest absolute Gasteiger partial charge is 0.519 e. The molecular weight excluding hydrogens is 326 g/mol. The van der Waals surface area contributed by atoms with E-state index in [1.165, 1.54) is 16.3 Å². The van der Waals surface area contributed by atoms with Crippen LogP contribution in [0.3, 0.4) is 0 Å². The third-order valence-corrected chi connectivity index (χ3v) is 5.04. The van der Waals surface area contributed by atoms with Gasteiger partial charge in [-0.15, -0.1) is 0 Å². The molecule has 2 aromatic heterocycles. The molecule has 0 fully saturated rings. The van der Waals surface area contributed by atoms with Gasteiger partial charge in [-0.2, -0.15) is 0 Å². The molecular formula is C22H16NO3+. The van der Waals surface area contributed by atoms with Gasteiger partial charge in [0.2, 0.25) is 5.69 Å². The van der Waals surface area contributed by atoms with Gasteiger partial charge in [-0.3, -0.25) is 0 Å². The second-order valence-electron chi connectivity index (χ2n) is 6.57. The number of fused-ring (bicyclic) bond motifs is 3. The van der Waals surface area contributed by atoms with Gasteiger partial charge in [0, 0.05) is 6.07 Å². The molecule has 0 aliphatic rings. The smallest absolute Gasteiger partial charge is 0.391 e. The zero-order valence-electron chi connectivity index (χ0n) is 14.4. The number of rotatable bonds is 1. The van der Waals surface area contributed by atoms with Crippen LogP contribution in [0.1, 0.15) is 5.56 Å². The molecule has 0 radical (unpaired) electrons. The van der Waals surface area contributed by atoms with Gasteiger partial charge >= 0.3 is 5.82 Å². The molecule has 0 N–H and O–H groups in total. The summed E-state index contributed by atoms with van der Waals surface area (Å²) in [6.45, 7) is 2.15. The summed E-state index contributed by atoms with van der Waals surface area (Å²) in [6, 6.07) is 18.4. The van der Waals surface area contributed by atoms with Gasteiger partial charge in [0.25, 0.3) is 0 Å². The Labute approximate surface area is 148 Å². The lowest BCUT2D eigenvalue weighted by atomic mass is 9.95. The van der Waals surface area contributed by atoms with Crippen molar-refractivity contribution in [3.63, 3.8) is 0 Å². The van der Waals surface area contributed by atoms with Gasteiger partial charge in [0.1, 0.15) is 7.05 Å². The summed E-state index contributed by atoms with van der Waals surface area (Å²) in [5, 5.41) is 4.48. The Morgan fingerprint density at radius 1 is 0.846 bits per heavy atom. The quantitative estimate of drug-likeness (QED) is 0.422. The van der Waals surface area contributed by atoms with Crippen LogP contribution in [0.15, 0.2) is 74.4 Å². The first kappa shape index (κ1) is 14.9. The minimum Gasteiger partial charge on any atom is -0.391 e. The maximum atomic E-state index is 11.5. The van der Waals surface area contributed by atoms with E-state index in [2.05, 4.69) is 47.9 Å². The summed E-state index contributed by atoms with van der Waals surface area (Å²) < 4.78 is 12.4. The van der Waals surface area contributed by atoms with E-state index in [9.17, 15) is 4.79 Å². The van der Waals surface area contributed by atoms with Crippen molar-refractivity contribution < 1.29 is 13.4 Å². The van der Waals surface area contributed by atoms with E-state index >= 15 is 0 Å². The zero-order valence-corrected chi connectivity index (χ0v) is 14.4. The number of benzene rings is 3. The molecule has 0 bridgehead atoms. The van der Waals surface area contributed by atoms with E-state index in [0.717, 1.165) is 22.0 Å². The van der Waals surface area contributed by atoms with Crippen molar-refractivity contribution in [1.29, 1.82) is 0 Å². The van der Waals surface area contributed by atoms with Crippen LogP contribution in [0.25, 0.3) is 44.0 Å². The Morgan fingerprint density at radius 2 is 1.62 bits per heavy atom. The number of nitrogens with zero attached hydrogens (tertiary/aromatic N) is 1. The van der Waals surface area contributed by atoms with Crippen LogP contribution in [0, 0.1) is 6.92 Å². The van der Waals surface area contributed by atoms with Gasteiger partial charge in [-0.25, -0.2) is 9.36 Å². The Balaban J connectivity index is 1.91. The van der Waals surface area contributed by atoms with Crippen molar-refractivity contribution >= 4 is 32.7 Å². The fraction of sp³-hybridized carbons (Fsp3) is 0.0909. The molecule has 5 rings (SSSR count). The van der Waals surface area contributed by atoms with Crippen LogP contribution < -0.4 is 10.4 Å². The van der Waals surface area contributed by atoms with E-state index in [4.69, 9.17) is 8.83 Å². The molecule has 5 aromatic rings. The summed E-state index contributed by atoms with van der Waals surface area (Å²) in [4.78, 5) is 11.5. The van der Waals surface area contributed by atoms with E-state index in [0.29, 0.717) is 11.2 Å². The zero-order chi connectivity index (χ0) is 17.8. The van der Waals surface area contributed by atoms with Crippen LogP contribution in [-0.2, 0) is 7.05 Å². The first-order valence-corrected chi connectivity index (χ1v) is 8.46. The van der Waals surface area contributed by atoms with E-state index < -0.39 is 5.82 Å². The molecule has 0 atom stereocenters. The monoisotopic (exact) mass is 342 g/mol. The Hall–Kier alpha value is -3.40. The van der Waals surface area contributed by atoms with E-state index in [-0.39, 0.29) is 0 Å². The highest BCUT2D eigenvalue weighted by atomic mass is 16.6. The highest BCUT2D eigenvalue weighted by Gasteiger charge is 2.20. The first-order chi connectivity index (χ1) is 12.6. The molecule has 0 aliphatic heterocycles. The van der Waals surface area contributed by atoms with Crippen LogP contribution in [0.2, 0.25) is 0 Å². The Bertz CT molecular complexity index is 1380. The summed E-state index contributed by atoms with van der Waals surface area (Å²) in [7, 11) is 2.03. The van der Waals surface area contributed by atoms with Crippen molar-refractivity contribution in [3.8, 4) is 11.3 Å². The molecule has 26 heavy (non-hydrogen) atoms. The molecule has 0 amide bonds. The van der Waals surface area contributed by atoms with Gasteiger partial charge in [0.15, 0.2) is 17.4 Å². The second-order valence-corrected chi connectivity index (χ2v) is 6.57. The van der Waals surface area contributed by atoms with Crippen molar-refractivity contribution in [3.05, 3.63) is 77.0 Å². The molecule has 3 aromatic carbocycles. The van der Waals surface area contributed by atoms with Gasteiger partial charge in [0.05, 0.1) is 10.9 Å². The summed E-state index contributed by atoms with van der Waals surface area (Å²) in [6.07, 6.45) is 2.02. The maximum Gasteiger partial charge on any atom is 0.519 e. The first-order valence-electron chi connectivity index (χ1n) is 8.46. The third kappa shape index (κ3) is 2.09. The lowest BCUT2D eigenvalue weighted by Gasteiger charge is -2.10. The normalized spacial score (nSPS) is 11.6. The number of hydrogen-bond acceptors (Lipinski definition) is 3. The standard InChI is InChI=1S/C22H16NO3/c1-13-16-6-4-3-5-14(16)7-8-17(13)21-18-12-20-19(25-22(24)26-20)11-15(18)9-10-23(21)2/h3-12H,1-2H3/q+1. The van der Waals surface area contributed by atoms with Crippen LogP contribution >= 0.6 is 0 Å². The number of pyridine rings is 1. The highest BCUT2D eigenvalue weighted by molar-refractivity contribution is 6.02. The molecule has 126 valence electrons. The molecule has 2 heterocycles. The summed E-state index contributed by atoms with van der Waals surface area (Å²) in [5.74, 6) is -0.678. The van der Waals surface area contributed by atoms with E-state index in [1.54, 1.807) is 0 Å². The van der Waals surface area contributed by atoms with Crippen molar-refractivity contribution in [2.45, 2.75) is 6.92 Å². The third-order valence-electron chi connectivity index (χ3n) is 5.04. The SMILES string of the molecule is Cc1c(-c2c3cc4oc(=O)oc4cc3cc[n+]2C)ccc2ccccc12. The average molecular weight is 342 g/mol. The van der Waals surface area contributed by atoms with Gasteiger partial charge < -0.3 is 8.83 Å². The molecule has 0 unspecified atom stereocenters. The Kier molecular flexibility index (Phi) is 3.04. The summed E-state index contributed by atoms with van der Waals surface area (Å²) >= 11 is 0. The van der Waals surface area contributed by atoms with Crippen molar-refractivity contribution in [2.75, 3.05) is 0 Å². The number of aromatic nitrogens is 1. The minimum absolute atomic E-state index is 0.466. The van der Waals surface area contributed by atoms with Crippen molar-refractivity contribution in [2.24, 2.45) is 7.05 Å². The average Bonchev–Trinajstić information content (AvgIpc) is 3.00. The summed E-state index contributed by atoms with van der Waals surface area (Å²) in [5.41, 5.74) is 4.39. The molecule has 0 aliphatic carbocycles. The highest BCUT2D eigenvalue weighted by Crippen LogP contribution is 2.33. The molecule has 0 saturated heterocycles. The van der Waals surface area contributed by atoms with Crippen LogP contribution in [-0.4, -0.2) is 0 Å². The van der Waals surface area contributed by atoms with Gasteiger partial charge in [-0.05, 0) is 46.8 Å². The van der Waals surface area contributed by atoms with E-state index in [1.807, 2.05) is 31.4 Å². The minimum atomic E-state index is -0.678. The number of hydrogen-bond donors (Lipinski definition) is 0. The van der Waals surface area contributed by atoms with Crippen LogP contribution in [0.4, 0.5) is 0 Å². The Morgan fingerprint density at radius 3 is 2.46 bits per heavy atom.